The van der Waals surface area contributed by atoms with Gasteiger partial charge in [-0.15, -0.1) is 0 Å². The van der Waals surface area contributed by atoms with Crippen LogP contribution in [0.5, 0.6) is 0 Å². The topological polar surface area (TPSA) is 27.7 Å². The van der Waals surface area contributed by atoms with E-state index in [4.69, 9.17) is 37.4 Å². The molecular weight excluding hydrogens is 371 g/mol. The van der Waals surface area contributed by atoms with E-state index < -0.39 is 0 Å². The number of benzene rings is 2. The first kappa shape index (κ1) is 19.7. The fourth-order valence-electron chi connectivity index (χ4n) is 3.23. The average Bonchev–Trinajstić information content (AvgIpc) is 2.66. The standard InChI is InChI=1S/C21H24Cl2O3/c1-24-21-13-19(25-14-15-5-3-2-4-6-15)12-18(26-21)10-8-16-7-9-17(22)11-20(16)23/h2-7,9,11,18-19,21H,8,10,12-14H2,1H3. The highest BCUT2D eigenvalue weighted by Gasteiger charge is 2.30. The van der Waals surface area contributed by atoms with Crippen LogP contribution in [0.4, 0.5) is 0 Å². The summed E-state index contributed by atoms with van der Waals surface area (Å²) in [5.41, 5.74) is 2.26. The van der Waals surface area contributed by atoms with Crippen molar-refractivity contribution in [2.24, 2.45) is 0 Å². The fraction of sp³-hybridized carbons (Fsp3) is 0.429. The summed E-state index contributed by atoms with van der Waals surface area (Å²) in [6, 6.07) is 15.8. The van der Waals surface area contributed by atoms with Crippen molar-refractivity contribution < 1.29 is 14.2 Å². The van der Waals surface area contributed by atoms with Crippen LogP contribution in [0, 0.1) is 0 Å². The second-order valence-electron chi connectivity index (χ2n) is 6.59. The van der Waals surface area contributed by atoms with Crippen molar-refractivity contribution in [3.05, 3.63) is 69.7 Å². The third-order valence-corrected chi connectivity index (χ3v) is 5.25. The Labute approximate surface area is 165 Å². The van der Waals surface area contributed by atoms with Crippen LogP contribution in [0.25, 0.3) is 0 Å². The van der Waals surface area contributed by atoms with Crippen molar-refractivity contribution in [3.63, 3.8) is 0 Å². The molecular formula is C21H24Cl2O3. The van der Waals surface area contributed by atoms with Crippen LogP contribution in [0.1, 0.15) is 30.4 Å². The van der Waals surface area contributed by atoms with Gasteiger partial charge in [-0.05, 0) is 36.1 Å². The van der Waals surface area contributed by atoms with Gasteiger partial charge in [0.15, 0.2) is 6.29 Å². The summed E-state index contributed by atoms with van der Waals surface area (Å²) in [6.45, 7) is 0.609. The SMILES string of the molecule is COC1CC(OCc2ccccc2)CC(CCc2ccc(Cl)cc2Cl)O1. The molecule has 0 saturated carbocycles. The van der Waals surface area contributed by atoms with Gasteiger partial charge < -0.3 is 14.2 Å². The van der Waals surface area contributed by atoms with Crippen LogP contribution >= 0.6 is 23.2 Å². The molecule has 0 aromatic heterocycles. The third kappa shape index (κ3) is 5.70. The number of rotatable bonds is 7. The Morgan fingerprint density at radius 3 is 2.62 bits per heavy atom. The van der Waals surface area contributed by atoms with Gasteiger partial charge in [-0.1, -0.05) is 59.6 Å². The van der Waals surface area contributed by atoms with Crippen LogP contribution in [-0.4, -0.2) is 25.6 Å². The van der Waals surface area contributed by atoms with E-state index in [1.807, 2.05) is 30.3 Å². The average molecular weight is 395 g/mol. The molecule has 0 radical (unpaired) electrons. The molecule has 3 unspecified atom stereocenters. The van der Waals surface area contributed by atoms with E-state index in [1.165, 1.54) is 5.56 Å². The Hall–Kier alpha value is -1.10. The van der Waals surface area contributed by atoms with Crippen LogP contribution in [-0.2, 0) is 27.2 Å². The van der Waals surface area contributed by atoms with E-state index >= 15 is 0 Å². The molecule has 0 spiro atoms. The highest BCUT2D eigenvalue weighted by molar-refractivity contribution is 6.35. The Bertz CT molecular complexity index is 693. The predicted octanol–water partition coefficient (Wildman–Crippen LogP) is 5.66. The van der Waals surface area contributed by atoms with Crippen LogP contribution in [0.2, 0.25) is 10.0 Å². The normalized spacial score (nSPS) is 23.1. The number of hydrogen-bond acceptors (Lipinski definition) is 3. The minimum absolute atomic E-state index is 0.0845. The molecule has 3 atom stereocenters. The van der Waals surface area contributed by atoms with Crippen molar-refractivity contribution in [1.82, 2.24) is 0 Å². The molecule has 2 aromatic rings. The van der Waals surface area contributed by atoms with E-state index in [1.54, 1.807) is 13.2 Å². The van der Waals surface area contributed by atoms with E-state index in [0.29, 0.717) is 16.7 Å². The van der Waals surface area contributed by atoms with E-state index in [0.717, 1.165) is 31.2 Å². The van der Waals surface area contributed by atoms with Gasteiger partial charge in [0.2, 0.25) is 0 Å². The highest BCUT2D eigenvalue weighted by atomic mass is 35.5. The Morgan fingerprint density at radius 1 is 1.08 bits per heavy atom. The molecule has 1 saturated heterocycles. The predicted molar refractivity (Wildman–Crippen MR) is 105 cm³/mol. The zero-order valence-corrected chi connectivity index (χ0v) is 16.4. The molecule has 3 rings (SSSR count). The van der Waals surface area contributed by atoms with Crippen molar-refractivity contribution in [2.45, 2.75) is 50.8 Å². The second-order valence-corrected chi connectivity index (χ2v) is 7.43. The molecule has 5 heteroatoms. The Kier molecular flexibility index (Phi) is 7.35. The summed E-state index contributed by atoms with van der Waals surface area (Å²) in [5.74, 6) is 0. The molecule has 3 nitrogen and oxygen atoms in total. The highest BCUT2D eigenvalue weighted by Crippen LogP contribution is 2.28. The monoisotopic (exact) mass is 394 g/mol. The van der Waals surface area contributed by atoms with Gasteiger partial charge in [-0.25, -0.2) is 0 Å². The lowest BCUT2D eigenvalue weighted by molar-refractivity contribution is -0.213. The van der Waals surface area contributed by atoms with Crippen molar-refractivity contribution in [3.8, 4) is 0 Å². The quantitative estimate of drug-likeness (QED) is 0.605. The summed E-state index contributed by atoms with van der Waals surface area (Å²) >= 11 is 12.2. The first-order chi connectivity index (χ1) is 12.6. The fourth-order valence-corrected chi connectivity index (χ4v) is 3.74. The first-order valence-electron chi connectivity index (χ1n) is 8.91. The number of halogens is 2. The van der Waals surface area contributed by atoms with E-state index in [2.05, 4.69) is 12.1 Å². The molecule has 0 amide bonds. The van der Waals surface area contributed by atoms with Crippen molar-refractivity contribution in [1.29, 1.82) is 0 Å². The summed E-state index contributed by atoms with van der Waals surface area (Å²) in [5, 5.41) is 1.36. The molecule has 0 aliphatic carbocycles. The Balaban J connectivity index is 1.54. The van der Waals surface area contributed by atoms with Crippen molar-refractivity contribution >= 4 is 23.2 Å². The summed E-state index contributed by atoms with van der Waals surface area (Å²) in [4.78, 5) is 0. The lowest BCUT2D eigenvalue weighted by atomic mass is 9.98. The molecule has 0 bridgehead atoms. The molecule has 1 aliphatic heterocycles. The van der Waals surface area contributed by atoms with Gasteiger partial charge >= 0.3 is 0 Å². The number of aryl methyl sites for hydroxylation is 1. The van der Waals surface area contributed by atoms with Gasteiger partial charge in [0.05, 0.1) is 18.8 Å². The summed E-state index contributed by atoms with van der Waals surface area (Å²) in [6.07, 6.45) is 3.30. The molecule has 0 N–H and O–H groups in total. The van der Waals surface area contributed by atoms with E-state index in [9.17, 15) is 0 Å². The number of methoxy groups -OCH3 is 1. The van der Waals surface area contributed by atoms with Crippen LogP contribution < -0.4 is 0 Å². The van der Waals surface area contributed by atoms with Gasteiger partial charge in [0, 0.05) is 30.0 Å². The van der Waals surface area contributed by atoms with E-state index in [-0.39, 0.29) is 18.5 Å². The molecule has 2 aromatic carbocycles. The third-order valence-electron chi connectivity index (χ3n) is 4.67. The molecule has 140 valence electrons. The maximum absolute atomic E-state index is 6.27. The minimum atomic E-state index is -0.227. The maximum Gasteiger partial charge on any atom is 0.160 e. The van der Waals surface area contributed by atoms with Crippen LogP contribution in [0.15, 0.2) is 48.5 Å². The lowest BCUT2D eigenvalue weighted by Gasteiger charge is -2.34. The maximum atomic E-state index is 6.27. The van der Waals surface area contributed by atoms with Gasteiger partial charge in [-0.2, -0.15) is 0 Å². The Morgan fingerprint density at radius 2 is 1.88 bits per heavy atom. The van der Waals surface area contributed by atoms with Gasteiger partial charge in [-0.3, -0.25) is 0 Å². The molecule has 1 heterocycles. The first-order valence-corrected chi connectivity index (χ1v) is 9.67. The second kappa shape index (κ2) is 9.72. The lowest BCUT2D eigenvalue weighted by Crippen LogP contribution is -2.38. The largest absolute Gasteiger partial charge is 0.373 e. The van der Waals surface area contributed by atoms with Crippen molar-refractivity contribution in [2.75, 3.05) is 7.11 Å². The zero-order chi connectivity index (χ0) is 18.4. The molecule has 26 heavy (non-hydrogen) atoms. The number of ether oxygens (including phenoxy) is 3. The number of hydrogen-bond donors (Lipinski definition) is 0. The minimum Gasteiger partial charge on any atom is -0.373 e. The molecule has 1 fully saturated rings. The van der Waals surface area contributed by atoms with Gasteiger partial charge in [0.1, 0.15) is 0 Å². The summed E-state index contributed by atoms with van der Waals surface area (Å²) < 4.78 is 17.6. The molecule has 1 aliphatic rings. The van der Waals surface area contributed by atoms with Gasteiger partial charge in [0.25, 0.3) is 0 Å². The smallest absolute Gasteiger partial charge is 0.160 e. The summed E-state index contributed by atoms with van der Waals surface area (Å²) in [7, 11) is 1.68. The zero-order valence-electron chi connectivity index (χ0n) is 14.9. The van der Waals surface area contributed by atoms with Crippen LogP contribution in [0.3, 0.4) is 0 Å².